The van der Waals surface area contributed by atoms with Gasteiger partial charge in [0.2, 0.25) is 5.75 Å². The molecular formula is C23H28N4O4. The number of hydrogen-bond acceptors (Lipinski definition) is 6. The lowest BCUT2D eigenvalue weighted by atomic mass is 10.1. The van der Waals surface area contributed by atoms with Crippen LogP contribution in [-0.2, 0) is 13.0 Å². The van der Waals surface area contributed by atoms with E-state index >= 15 is 0 Å². The van der Waals surface area contributed by atoms with Crippen molar-refractivity contribution in [1.29, 1.82) is 0 Å². The average molecular weight is 425 g/mol. The van der Waals surface area contributed by atoms with Crippen LogP contribution in [0.2, 0.25) is 0 Å². The Morgan fingerprint density at radius 2 is 1.61 bits per heavy atom. The molecule has 0 saturated carbocycles. The lowest BCUT2D eigenvalue weighted by molar-refractivity contribution is 0.102. The third kappa shape index (κ3) is 5.97. The van der Waals surface area contributed by atoms with E-state index in [-0.39, 0.29) is 5.91 Å². The van der Waals surface area contributed by atoms with E-state index in [1.807, 2.05) is 39.1 Å². The minimum Gasteiger partial charge on any atom is -0.490 e. The summed E-state index contributed by atoms with van der Waals surface area (Å²) in [4.78, 5) is 16.9. The highest BCUT2D eigenvalue weighted by molar-refractivity contribution is 6.04. The van der Waals surface area contributed by atoms with Gasteiger partial charge in [-0.05, 0) is 57.0 Å². The Hall–Kier alpha value is -3.55. The molecule has 0 saturated heterocycles. The Bertz CT molecular complexity index is 961. The van der Waals surface area contributed by atoms with Gasteiger partial charge in [-0.25, -0.2) is 0 Å². The van der Waals surface area contributed by atoms with E-state index in [4.69, 9.17) is 14.2 Å². The number of carbonyl (C=O) groups is 1. The Morgan fingerprint density at radius 1 is 0.968 bits per heavy atom. The van der Waals surface area contributed by atoms with Crippen LogP contribution < -0.4 is 19.5 Å². The third-order valence-electron chi connectivity index (χ3n) is 4.43. The minimum atomic E-state index is -0.302. The first kappa shape index (κ1) is 22.1. The van der Waals surface area contributed by atoms with Gasteiger partial charge in [-0.3, -0.25) is 14.5 Å². The fourth-order valence-corrected chi connectivity index (χ4v) is 3.05. The number of anilines is 1. The minimum absolute atomic E-state index is 0.302. The van der Waals surface area contributed by atoms with Crippen LogP contribution in [0.25, 0.3) is 0 Å². The normalized spacial score (nSPS) is 10.5. The Labute approximate surface area is 182 Å². The highest BCUT2D eigenvalue weighted by Crippen LogP contribution is 2.39. The molecule has 2 heterocycles. The number of benzene rings is 1. The van der Waals surface area contributed by atoms with Gasteiger partial charge in [0.25, 0.3) is 5.91 Å². The molecule has 0 fully saturated rings. The molecular weight excluding hydrogens is 396 g/mol. The molecule has 0 aliphatic carbocycles. The van der Waals surface area contributed by atoms with Crippen LogP contribution in [0.4, 0.5) is 5.82 Å². The molecule has 0 spiro atoms. The lowest BCUT2D eigenvalue weighted by Crippen LogP contribution is -2.14. The molecule has 3 rings (SSSR count). The Balaban J connectivity index is 1.73. The summed E-state index contributed by atoms with van der Waals surface area (Å²) in [6.45, 7) is 7.69. The highest BCUT2D eigenvalue weighted by atomic mass is 16.5. The van der Waals surface area contributed by atoms with Gasteiger partial charge in [-0.1, -0.05) is 0 Å². The number of rotatable bonds is 11. The van der Waals surface area contributed by atoms with Crippen molar-refractivity contribution in [2.75, 3.05) is 25.1 Å². The zero-order valence-corrected chi connectivity index (χ0v) is 18.1. The fourth-order valence-electron chi connectivity index (χ4n) is 3.05. The molecule has 0 aliphatic rings. The quantitative estimate of drug-likeness (QED) is 0.501. The zero-order valence-electron chi connectivity index (χ0n) is 18.1. The van der Waals surface area contributed by atoms with E-state index < -0.39 is 0 Å². The molecule has 1 amide bonds. The van der Waals surface area contributed by atoms with E-state index in [0.29, 0.717) is 55.0 Å². The van der Waals surface area contributed by atoms with E-state index in [1.54, 1.807) is 35.3 Å². The Morgan fingerprint density at radius 3 is 2.23 bits per heavy atom. The van der Waals surface area contributed by atoms with Gasteiger partial charge in [0.05, 0.1) is 19.8 Å². The number of amides is 1. The molecule has 1 N–H and O–H groups in total. The molecule has 3 aromatic rings. The molecule has 164 valence electrons. The first-order valence-corrected chi connectivity index (χ1v) is 10.4. The van der Waals surface area contributed by atoms with E-state index in [1.165, 1.54) is 5.56 Å². The smallest absolute Gasteiger partial charge is 0.257 e. The average Bonchev–Trinajstić information content (AvgIpc) is 3.22. The SMILES string of the molecule is CCOc1cc(C(=O)Nc2ccn(CCc3ccncc3)n2)cc(OCC)c1OCC. The van der Waals surface area contributed by atoms with Crippen molar-refractivity contribution in [3.05, 3.63) is 60.0 Å². The van der Waals surface area contributed by atoms with Crippen LogP contribution in [0.1, 0.15) is 36.7 Å². The summed E-state index contributed by atoms with van der Waals surface area (Å²) in [7, 11) is 0. The Kier molecular flexibility index (Phi) is 7.86. The van der Waals surface area contributed by atoms with Crippen molar-refractivity contribution >= 4 is 11.7 Å². The van der Waals surface area contributed by atoms with Gasteiger partial charge >= 0.3 is 0 Å². The first-order valence-electron chi connectivity index (χ1n) is 10.4. The zero-order chi connectivity index (χ0) is 22.1. The largest absolute Gasteiger partial charge is 0.490 e. The van der Waals surface area contributed by atoms with Gasteiger partial charge in [0.1, 0.15) is 0 Å². The number of aromatic nitrogens is 3. The topological polar surface area (TPSA) is 87.5 Å². The first-order chi connectivity index (χ1) is 15.1. The predicted molar refractivity (Wildman–Crippen MR) is 118 cm³/mol. The van der Waals surface area contributed by atoms with Crippen molar-refractivity contribution in [3.63, 3.8) is 0 Å². The maximum atomic E-state index is 12.9. The molecule has 31 heavy (non-hydrogen) atoms. The van der Waals surface area contributed by atoms with Crippen LogP contribution in [0, 0.1) is 0 Å². The van der Waals surface area contributed by atoms with Gasteiger partial charge in [0.15, 0.2) is 17.3 Å². The van der Waals surface area contributed by atoms with Crippen LogP contribution in [-0.4, -0.2) is 40.5 Å². The fraction of sp³-hybridized carbons (Fsp3) is 0.348. The molecule has 0 aliphatic heterocycles. The molecule has 0 bridgehead atoms. The summed E-state index contributed by atoms with van der Waals surface area (Å²) in [5, 5.41) is 7.27. The van der Waals surface area contributed by atoms with E-state index in [0.717, 1.165) is 6.42 Å². The van der Waals surface area contributed by atoms with Gasteiger partial charge in [-0.15, -0.1) is 0 Å². The lowest BCUT2D eigenvalue weighted by Gasteiger charge is -2.16. The summed E-state index contributed by atoms with van der Waals surface area (Å²) >= 11 is 0. The second kappa shape index (κ2) is 11.0. The molecule has 8 nitrogen and oxygen atoms in total. The summed E-state index contributed by atoms with van der Waals surface area (Å²) in [5.74, 6) is 1.63. The van der Waals surface area contributed by atoms with E-state index in [2.05, 4.69) is 15.4 Å². The summed E-state index contributed by atoms with van der Waals surface area (Å²) in [6.07, 6.45) is 6.21. The van der Waals surface area contributed by atoms with Crippen LogP contribution in [0.3, 0.4) is 0 Å². The van der Waals surface area contributed by atoms with Crippen LogP contribution in [0.15, 0.2) is 48.9 Å². The number of nitrogens with one attached hydrogen (secondary N) is 1. The summed E-state index contributed by atoms with van der Waals surface area (Å²) < 4.78 is 18.9. The van der Waals surface area contributed by atoms with Gasteiger partial charge < -0.3 is 19.5 Å². The van der Waals surface area contributed by atoms with Crippen molar-refractivity contribution in [2.45, 2.75) is 33.7 Å². The van der Waals surface area contributed by atoms with Gasteiger partial charge in [0, 0.05) is 36.8 Å². The van der Waals surface area contributed by atoms with Crippen molar-refractivity contribution in [1.82, 2.24) is 14.8 Å². The number of ether oxygens (including phenoxy) is 3. The number of nitrogens with zero attached hydrogens (tertiary/aromatic N) is 3. The molecule has 0 radical (unpaired) electrons. The number of aryl methyl sites for hydroxylation is 2. The molecule has 0 atom stereocenters. The molecule has 2 aromatic heterocycles. The van der Waals surface area contributed by atoms with Crippen molar-refractivity contribution in [2.24, 2.45) is 0 Å². The number of pyridine rings is 1. The molecule has 8 heteroatoms. The summed E-state index contributed by atoms with van der Waals surface area (Å²) in [6, 6.07) is 9.04. The molecule has 1 aromatic carbocycles. The maximum absolute atomic E-state index is 12.9. The second-order valence-electron chi connectivity index (χ2n) is 6.62. The standard InChI is InChI=1S/C23H28N4O4/c1-4-29-19-15-18(16-20(30-5-2)22(19)31-6-3)23(28)25-21-10-14-27(26-21)13-9-17-7-11-24-12-8-17/h7-8,10-12,14-16H,4-6,9,13H2,1-3H3,(H,25,26,28). The van der Waals surface area contributed by atoms with Crippen LogP contribution >= 0.6 is 0 Å². The number of carbonyl (C=O) groups excluding carboxylic acids is 1. The van der Waals surface area contributed by atoms with Crippen molar-refractivity contribution in [3.8, 4) is 17.2 Å². The molecule has 0 unspecified atom stereocenters. The van der Waals surface area contributed by atoms with E-state index in [9.17, 15) is 4.79 Å². The monoisotopic (exact) mass is 424 g/mol. The maximum Gasteiger partial charge on any atom is 0.257 e. The van der Waals surface area contributed by atoms with Crippen molar-refractivity contribution < 1.29 is 19.0 Å². The highest BCUT2D eigenvalue weighted by Gasteiger charge is 2.19. The van der Waals surface area contributed by atoms with Crippen LogP contribution in [0.5, 0.6) is 17.2 Å². The van der Waals surface area contributed by atoms with Gasteiger partial charge in [-0.2, -0.15) is 5.10 Å². The second-order valence-corrected chi connectivity index (χ2v) is 6.62. The number of hydrogen-bond donors (Lipinski definition) is 1. The predicted octanol–water partition coefficient (Wildman–Crippen LogP) is 3.97. The summed E-state index contributed by atoms with van der Waals surface area (Å²) in [5.41, 5.74) is 1.58. The third-order valence-corrected chi connectivity index (χ3v) is 4.43.